The predicted octanol–water partition coefficient (Wildman–Crippen LogP) is -0.120. The normalized spacial score (nSPS) is 49.2. The smallest absolute Gasteiger partial charge is 0.157 e. The van der Waals surface area contributed by atoms with Crippen LogP contribution in [0.15, 0.2) is 0 Å². The van der Waals surface area contributed by atoms with Crippen LogP contribution in [0.5, 0.6) is 0 Å². The summed E-state index contributed by atoms with van der Waals surface area (Å²) in [6, 6.07) is 0. The van der Waals surface area contributed by atoms with Crippen LogP contribution in [-0.4, -0.2) is 41.4 Å². The van der Waals surface area contributed by atoms with Gasteiger partial charge in [-0.1, -0.05) is 0 Å². The average molecular weight is 176 g/mol. The zero-order valence-electron chi connectivity index (χ0n) is 7.65. The van der Waals surface area contributed by atoms with Gasteiger partial charge in [0, 0.05) is 13.5 Å². The molecule has 4 heteroatoms. The first-order valence-electron chi connectivity index (χ1n) is 4.06. The zero-order valence-corrected chi connectivity index (χ0v) is 7.65. The van der Waals surface area contributed by atoms with Crippen molar-refractivity contribution in [1.29, 1.82) is 0 Å². The lowest BCUT2D eigenvalue weighted by atomic mass is 9.89. The Hall–Kier alpha value is -0.160. The summed E-state index contributed by atoms with van der Waals surface area (Å²) >= 11 is 0. The van der Waals surface area contributed by atoms with E-state index in [-0.39, 0.29) is 0 Å². The molecule has 0 aromatic heterocycles. The highest BCUT2D eigenvalue weighted by Crippen LogP contribution is 2.30. The molecule has 0 aromatic carbocycles. The fourth-order valence-corrected chi connectivity index (χ4v) is 1.54. The third-order valence-corrected chi connectivity index (χ3v) is 2.49. The van der Waals surface area contributed by atoms with E-state index in [0.29, 0.717) is 6.42 Å². The Bertz CT molecular complexity index is 161. The van der Waals surface area contributed by atoms with E-state index in [1.165, 1.54) is 7.11 Å². The molecule has 0 aromatic rings. The summed E-state index contributed by atoms with van der Waals surface area (Å²) in [4.78, 5) is 0. The maximum Gasteiger partial charge on any atom is 0.157 e. The standard InChI is InChI=1S/C8H16O4/c1-5-7(10)8(2,11-3)4-6(9)12-5/h5-7,9-10H,4H2,1-3H3/t5-,6?,7?,8+/m0/s1. The Morgan fingerprint density at radius 2 is 2.08 bits per heavy atom. The maximum atomic E-state index is 9.65. The Kier molecular flexibility index (Phi) is 2.73. The monoisotopic (exact) mass is 176 g/mol. The van der Waals surface area contributed by atoms with Crippen molar-refractivity contribution in [1.82, 2.24) is 0 Å². The van der Waals surface area contributed by atoms with E-state index in [1.54, 1.807) is 13.8 Å². The van der Waals surface area contributed by atoms with Gasteiger partial charge < -0.3 is 19.7 Å². The molecule has 0 aliphatic carbocycles. The molecular formula is C8H16O4. The van der Waals surface area contributed by atoms with Crippen molar-refractivity contribution < 1.29 is 19.7 Å². The zero-order chi connectivity index (χ0) is 9.35. The van der Waals surface area contributed by atoms with Crippen LogP contribution in [-0.2, 0) is 9.47 Å². The molecule has 0 spiro atoms. The van der Waals surface area contributed by atoms with Gasteiger partial charge in [-0.3, -0.25) is 0 Å². The summed E-state index contributed by atoms with van der Waals surface area (Å²) in [7, 11) is 1.52. The molecule has 72 valence electrons. The van der Waals surface area contributed by atoms with Crippen LogP contribution in [0.25, 0.3) is 0 Å². The first kappa shape index (κ1) is 9.92. The summed E-state index contributed by atoms with van der Waals surface area (Å²) in [5, 5.41) is 18.9. The molecule has 1 fully saturated rings. The fraction of sp³-hybridized carbons (Fsp3) is 1.00. The van der Waals surface area contributed by atoms with Crippen molar-refractivity contribution in [2.24, 2.45) is 0 Å². The maximum absolute atomic E-state index is 9.65. The summed E-state index contributed by atoms with van der Waals surface area (Å²) in [5.41, 5.74) is -0.697. The molecule has 4 atom stereocenters. The van der Waals surface area contributed by atoms with Gasteiger partial charge in [0.25, 0.3) is 0 Å². The number of aliphatic hydroxyl groups excluding tert-OH is 2. The van der Waals surface area contributed by atoms with Crippen molar-refractivity contribution in [3.63, 3.8) is 0 Å². The number of hydrogen-bond donors (Lipinski definition) is 2. The molecule has 1 heterocycles. The van der Waals surface area contributed by atoms with Crippen LogP contribution in [0.1, 0.15) is 20.3 Å². The van der Waals surface area contributed by atoms with E-state index < -0.39 is 24.1 Å². The minimum Gasteiger partial charge on any atom is -0.387 e. The van der Waals surface area contributed by atoms with E-state index in [1.807, 2.05) is 0 Å². The minimum atomic E-state index is -0.839. The van der Waals surface area contributed by atoms with Gasteiger partial charge in [0.15, 0.2) is 6.29 Å². The van der Waals surface area contributed by atoms with Gasteiger partial charge in [0.05, 0.1) is 11.7 Å². The molecule has 4 nitrogen and oxygen atoms in total. The van der Waals surface area contributed by atoms with Crippen molar-refractivity contribution in [3.05, 3.63) is 0 Å². The predicted molar refractivity (Wildman–Crippen MR) is 42.6 cm³/mol. The van der Waals surface area contributed by atoms with Crippen LogP contribution in [0, 0.1) is 0 Å². The Morgan fingerprint density at radius 3 is 2.58 bits per heavy atom. The molecule has 0 radical (unpaired) electrons. The second kappa shape index (κ2) is 3.30. The van der Waals surface area contributed by atoms with E-state index >= 15 is 0 Å². The number of hydrogen-bond acceptors (Lipinski definition) is 4. The summed E-state index contributed by atoms with van der Waals surface area (Å²) < 4.78 is 10.2. The number of aliphatic hydroxyl groups is 2. The molecule has 0 amide bonds. The molecular weight excluding hydrogens is 160 g/mol. The van der Waals surface area contributed by atoms with Crippen molar-refractivity contribution in [3.8, 4) is 0 Å². The lowest BCUT2D eigenvalue weighted by Gasteiger charge is -2.42. The topological polar surface area (TPSA) is 58.9 Å². The molecule has 12 heavy (non-hydrogen) atoms. The third kappa shape index (κ3) is 1.61. The SMILES string of the molecule is CO[C@]1(C)CC(O)O[C@@H](C)C1O. The number of ether oxygens (including phenoxy) is 2. The van der Waals surface area contributed by atoms with Gasteiger partial charge in [-0.05, 0) is 13.8 Å². The first-order chi connectivity index (χ1) is 5.49. The average Bonchev–Trinajstić information content (AvgIpc) is 2.00. The first-order valence-corrected chi connectivity index (χ1v) is 4.06. The number of rotatable bonds is 1. The van der Waals surface area contributed by atoms with E-state index in [9.17, 15) is 10.2 Å². The largest absolute Gasteiger partial charge is 0.387 e. The fourth-order valence-electron chi connectivity index (χ4n) is 1.54. The van der Waals surface area contributed by atoms with Gasteiger partial charge in [0.1, 0.15) is 6.10 Å². The highest BCUT2D eigenvalue weighted by molar-refractivity contribution is 4.91. The molecule has 1 aliphatic rings. The van der Waals surface area contributed by atoms with Gasteiger partial charge in [-0.2, -0.15) is 0 Å². The molecule has 1 aliphatic heterocycles. The second-order valence-corrected chi connectivity index (χ2v) is 3.46. The lowest BCUT2D eigenvalue weighted by Crippen LogP contribution is -2.55. The van der Waals surface area contributed by atoms with Crippen LogP contribution >= 0.6 is 0 Å². The third-order valence-electron chi connectivity index (χ3n) is 2.49. The molecule has 2 unspecified atom stereocenters. The van der Waals surface area contributed by atoms with Crippen molar-refractivity contribution >= 4 is 0 Å². The van der Waals surface area contributed by atoms with Gasteiger partial charge in [0.2, 0.25) is 0 Å². The molecule has 0 bridgehead atoms. The van der Waals surface area contributed by atoms with Crippen molar-refractivity contribution in [2.45, 2.75) is 44.4 Å². The highest BCUT2D eigenvalue weighted by Gasteiger charge is 2.44. The molecule has 2 N–H and O–H groups in total. The van der Waals surface area contributed by atoms with Crippen LogP contribution in [0.2, 0.25) is 0 Å². The van der Waals surface area contributed by atoms with Crippen molar-refractivity contribution in [2.75, 3.05) is 7.11 Å². The molecule has 1 rings (SSSR count). The Balaban J connectivity index is 2.72. The van der Waals surface area contributed by atoms with E-state index in [0.717, 1.165) is 0 Å². The van der Waals surface area contributed by atoms with E-state index in [2.05, 4.69) is 0 Å². The number of methoxy groups -OCH3 is 1. The lowest BCUT2D eigenvalue weighted by molar-refractivity contribution is -0.263. The van der Waals surface area contributed by atoms with Gasteiger partial charge >= 0.3 is 0 Å². The van der Waals surface area contributed by atoms with Crippen LogP contribution in [0.3, 0.4) is 0 Å². The molecule has 1 saturated heterocycles. The van der Waals surface area contributed by atoms with Crippen LogP contribution in [0.4, 0.5) is 0 Å². The summed E-state index contributed by atoms with van der Waals surface area (Å²) in [6.45, 7) is 3.48. The molecule has 0 saturated carbocycles. The Morgan fingerprint density at radius 1 is 1.50 bits per heavy atom. The highest BCUT2D eigenvalue weighted by atomic mass is 16.6. The van der Waals surface area contributed by atoms with Gasteiger partial charge in [-0.25, -0.2) is 0 Å². The second-order valence-electron chi connectivity index (χ2n) is 3.46. The summed E-state index contributed by atoms with van der Waals surface area (Å²) in [6.07, 6.45) is -1.62. The van der Waals surface area contributed by atoms with Gasteiger partial charge in [-0.15, -0.1) is 0 Å². The minimum absolute atomic E-state index is 0.301. The quantitative estimate of drug-likeness (QED) is 0.584. The van der Waals surface area contributed by atoms with Crippen LogP contribution < -0.4 is 0 Å². The summed E-state index contributed by atoms with van der Waals surface area (Å²) in [5.74, 6) is 0. The van der Waals surface area contributed by atoms with E-state index in [4.69, 9.17) is 9.47 Å². The Labute approximate surface area is 72.1 Å².